The van der Waals surface area contributed by atoms with E-state index in [1.165, 1.54) is 95.5 Å². The van der Waals surface area contributed by atoms with Crippen molar-refractivity contribution in [3.63, 3.8) is 0 Å². The fraction of sp³-hybridized carbons (Fsp3) is 0.647. The van der Waals surface area contributed by atoms with Crippen LogP contribution in [-0.2, 0) is 9.47 Å². The van der Waals surface area contributed by atoms with Gasteiger partial charge in [-0.2, -0.15) is 0 Å². The Morgan fingerprint density at radius 3 is 1.95 bits per heavy atom. The topological polar surface area (TPSA) is 18.5 Å². The summed E-state index contributed by atoms with van der Waals surface area (Å²) < 4.78 is 27.2. The van der Waals surface area contributed by atoms with Crippen molar-refractivity contribution in [1.82, 2.24) is 0 Å². The van der Waals surface area contributed by atoms with Crippen LogP contribution < -0.4 is 0 Å². The molecule has 0 amide bonds. The first-order chi connectivity index (χ1) is 18.2. The van der Waals surface area contributed by atoms with Crippen LogP contribution in [0.3, 0.4) is 0 Å². The molecule has 1 aliphatic carbocycles. The molecule has 0 aromatic heterocycles. The number of unbranched alkanes of at least 4 members (excludes halogenated alkanes) is 6. The van der Waals surface area contributed by atoms with Gasteiger partial charge in [0.15, 0.2) is 6.29 Å². The maximum atomic E-state index is 15.2. The maximum Gasteiger partial charge on any atom is 0.183 e. The van der Waals surface area contributed by atoms with Crippen molar-refractivity contribution in [3.05, 3.63) is 59.4 Å². The summed E-state index contributed by atoms with van der Waals surface area (Å²) in [6.45, 7) is 6.02. The average Bonchev–Trinajstić information content (AvgIpc) is 2.94. The van der Waals surface area contributed by atoms with Gasteiger partial charge in [0.25, 0.3) is 0 Å². The van der Waals surface area contributed by atoms with Gasteiger partial charge >= 0.3 is 0 Å². The van der Waals surface area contributed by atoms with Crippen molar-refractivity contribution in [1.29, 1.82) is 0 Å². The van der Waals surface area contributed by atoms with Crippen molar-refractivity contribution in [2.75, 3.05) is 13.2 Å². The third-order valence-electron chi connectivity index (χ3n) is 8.70. The summed E-state index contributed by atoms with van der Waals surface area (Å²) in [7, 11) is 0. The minimum absolute atomic E-state index is 0.108. The van der Waals surface area contributed by atoms with Gasteiger partial charge < -0.3 is 9.47 Å². The number of halogens is 1. The molecule has 2 nitrogen and oxygen atoms in total. The zero-order valence-corrected chi connectivity index (χ0v) is 23.4. The Hall–Kier alpha value is -1.71. The van der Waals surface area contributed by atoms with E-state index in [0.29, 0.717) is 17.4 Å². The molecule has 0 spiro atoms. The summed E-state index contributed by atoms with van der Waals surface area (Å²) in [5, 5.41) is 0. The molecule has 2 aromatic rings. The standard InChI is InChI=1S/C34H49FO2/c1-3-5-7-8-10-11-26-13-15-28(16-14-26)31-21-22-32(33(35)23-31)29-17-19-30(20-18-29)34-36-24-27(25-37-34)12-9-6-4-2/h17-23,26-28,34H,3-16,24-25H2,1-2H3. The Morgan fingerprint density at radius 1 is 0.676 bits per heavy atom. The van der Waals surface area contributed by atoms with E-state index in [0.717, 1.165) is 30.3 Å². The maximum absolute atomic E-state index is 15.2. The monoisotopic (exact) mass is 508 g/mol. The van der Waals surface area contributed by atoms with Crippen LogP contribution in [0.2, 0.25) is 0 Å². The predicted octanol–water partition coefficient (Wildman–Crippen LogP) is 10.4. The van der Waals surface area contributed by atoms with Gasteiger partial charge in [0, 0.05) is 17.0 Å². The molecule has 2 fully saturated rings. The minimum atomic E-state index is -0.310. The Labute approximate surface area is 225 Å². The highest BCUT2D eigenvalue weighted by atomic mass is 19.1. The van der Waals surface area contributed by atoms with Gasteiger partial charge in [-0.1, -0.05) is 108 Å². The zero-order chi connectivity index (χ0) is 25.9. The van der Waals surface area contributed by atoms with E-state index in [2.05, 4.69) is 19.9 Å². The SMILES string of the molecule is CCCCCCCC1CCC(c2ccc(-c3ccc(C4OCC(CCCCC)CO4)cc3)c(F)c2)CC1. The van der Waals surface area contributed by atoms with E-state index in [9.17, 15) is 0 Å². The number of benzene rings is 2. The van der Waals surface area contributed by atoms with Gasteiger partial charge in [0.2, 0.25) is 0 Å². The summed E-state index contributed by atoms with van der Waals surface area (Å²) in [6.07, 6.45) is 17.9. The van der Waals surface area contributed by atoms with Crippen LogP contribution in [0.1, 0.15) is 127 Å². The lowest BCUT2D eigenvalue weighted by molar-refractivity contribution is -0.206. The fourth-order valence-corrected chi connectivity index (χ4v) is 6.25. The van der Waals surface area contributed by atoms with Gasteiger partial charge in [-0.3, -0.25) is 0 Å². The summed E-state index contributed by atoms with van der Waals surface area (Å²) >= 11 is 0. The van der Waals surface area contributed by atoms with Crippen LogP contribution >= 0.6 is 0 Å². The molecule has 1 saturated heterocycles. The van der Waals surface area contributed by atoms with E-state index in [4.69, 9.17) is 9.47 Å². The van der Waals surface area contributed by atoms with Crippen LogP contribution in [0, 0.1) is 17.7 Å². The quantitative estimate of drug-likeness (QED) is 0.251. The smallest absolute Gasteiger partial charge is 0.183 e. The van der Waals surface area contributed by atoms with Gasteiger partial charge in [-0.05, 0) is 61.1 Å². The molecule has 3 heteroatoms. The van der Waals surface area contributed by atoms with Crippen molar-refractivity contribution >= 4 is 0 Å². The molecule has 4 rings (SSSR count). The molecule has 2 aliphatic rings. The zero-order valence-electron chi connectivity index (χ0n) is 23.4. The third-order valence-corrected chi connectivity index (χ3v) is 8.70. The van der Waals surface area contributed by atoms with Gasteiger partial charge in [0.05, 0.1) is 13.2 Å². The molecule has 1 saturated carbocycles. The molecular weight excluding hydrogens is 459 g/mol. The average molecular weight is 509 g/mol. The highest BCUT2D eigenvalue weighted by Crippen LogP contribution is 2.39. The second kappa shape index (κ2) is 15.0. The van der Waals surface area contributed by atoms with Crippen LogP contribution in [0.15, 0.2) is 42.5 Å². The molecular formula is C34H49FO2. The molecule has 0 unspecified atom stereocenters. The lowest BCUT2D eigenvalue weighted by atomic mass is 9.77. The lowest BCUT2D eigenvalue weighted by Gasteiger charge is -2.30. The van der Waals surface area contributed by atoms with E-state index < -0.39 is 0 Å². The summed E-state index contributed by atoms with van der Waals surface area (Å²) in [5.41, 5.74) is 3.78. The number of hydrogen-bond donors (Lipinski definition) is 0. The highest BCUT2D eigenvalue weighted by molar-refractivity contribution is 5.65. The van der Waals surface area contributed by atoms with Crippen molar-refractivity contribution < 1.29 is 13.9 Å². The molecule has 1 aliphatic heterocycles. The van der Waals surface area contributed by atoms with E-state index in [1.54, 1.807) is 6.07 Å². The normalized spacial score (nSPS) is 24.3. The molecule has 0 radical (unpaired) electrons. The summed E-state index contributed by atoms with van der Waals surface area (Å²) in [4.78, 5) is 0. The lowest BCUT2D eigenvalue weighted by Crippen LogP contribution is -2.27. The van der Waals surface area contributed by atoms with Crippen molar-refractivity contribution in [2.45, 2.75) is 116 Å². The van der Waals surface area contributed by atoms with Crippen LogP contribution in [0.4, 0.5) is 4.39 Å². The number of rotatable bonds is 13. The molecule has 0 N–H and O–H groups in total. The molecule has 204 valence electrons. The number of ether oxygens (including phenoxy) is 2. The first-order valence-electron chi connectivity index (χ1n) is 15.3. The second-order valence-corrected chi connectivity index (χ2v) is 11.6. The van der Waals surface area contributed by atoms with Crippen LogP contribution in [0.5, 0.6) is 0 Å². The second-order valence-electron chi connectivity index (χ2n) is 11.6. The molecule has 2 aromatic carbocycles. The molecule has 1 heterocycles. The van der Waals surface area contributed by atoms with Crippen LogP contribution in [-0.4, -0.2) is 13.2 Å². The fourth-order valence-electron chi connectivity index (χ4n) is 6.25. The van der Waals surface area contributed by atoms with Gasteiger partial charge in [0.1, 0.15) is 5.82 Å². The molecule has 37 heavy (non-hydrogen) atoms. The van der Waals surface area contributed by atoms with Crippen molar-refractivity contribution in [3.8, 4) is 11.1 Å². The van der Waals surface area contributed by atoms with Crippen molar-refractivity contribution in [2.24, 2.45) is 11.8 Å². The summed E-state index contributed by atoms with van der Waals surface area (Å²) in [5.74, 6) is 1.78. The Morgan fingerprint density at radius 2 is 1.27 bits per heavy atom. The Bertz CT molecular complexity index is 908. The van der Waals surface area contributed by atoms with E-state index in [1.807, 2.05) is 30.3 Å². The first-order valence-corrected chi connectivity index (χ1v) is 15.3. The van der Waals surface area contributed by atoms with Gasteiger partial charge in [-0.25, -0.2) is 4.39 Å². The third kappa shape index (κ3) is 8.39. The Kier molecular flexibility index (Phi) is 11.5. The molecule has 0 bridgehead atoms. The van der Waals surface area contributed by atoms with E-state index in [-0.39, 0.29) is 12.1 Å². The Balaban J connectivity index is 1.26. The number of hydrogen-bond acceptors (Lipinski definition) is 2. The van der Waals surface area contributed by atoms with E-state index >= 15 is 4.39 Å². The molecule has 0 atom stereocenters. The highest BCUT2D eigenvalue weighted by Gasteiger charge is 2.24. The minimum Gasteiger partial charge on any atom is -0.348 e. The first kappa shape index (κ1) is 28.3. The van der Waals surface area contributed by atoms with Gasteiger partial charge in [-0.15, -0.1) is 0 Å². The summed E-state index contributed by atoms with van der Waals surface area (Å²) in [6, 6.07) is 14.0. The van der Waals surface area contributed by atoms with Crippen LogP contribution in [0.25, 0.3) is 11.1 Å². The largest absolute Gasteiger partial charge is 0.348 e. The predicted molar refractivity (Wildman–Crippen MR) is 152 cm³/mol.